The van der Waals surface area contributed by atoms with Crippen LogP contribution in [0.4, 0.5) is 4.79 Å². The molecular weight excluding hydrogens is 462 g/mol. The summed E-state index contributed by atoms with van der Waals surface area (Å²) in [4.78, 5) is 35.9. The first kappa shape index (κ1) is 20.9. The van der Waals surface area contributed by atoms with E-state index < -0.39 is 17.1 Å². The number of esters is 1. The Morgan fingerprint density at radius 3 is 2.52 bits per heavy atom. The van der Waals surface area contributed by atoms with Gasteiger partial charge in [0.1, 0.15) is 5.75 Å². The fraction of sp³-hybridized carbons (Fsp3) is 0.150. The molecule has 1 aliphatic rings. The van der Waals surface area contributed by atoms with Crippen molar-refractivity contribution >= 4 is 50.9 Å². The van der Waals surface area contributed by atoms with Crippen LogP contribution in [0.25, 0.3) is 6.08 Å². The van der Waals surface area contributed by atoms with Crippen molar-refractivity contribution in [3.63, 3.8) is 0 Å². The first-order valence-electron chi connectivity index (χ1n) is 8.48. The summed E-state index contributed by atoms with van der Waals surface area (Å²) in [6, 6.07) is 9.82. The SMILES string of the molecule is CCOc1cc(/C=C2\SC(=O)NC2=O)cc(Br)c1OC(=O)c1ccc(OC)cc1. The smallest absolute Gasteiger partial charge is 0.343 e. The van der Waals surface area contributed by atoms with Crippen LogP contribution < -0.4 is 19.5 Å². The second kappa shape index (κ2) is 9.15. The molecule has 29 heavy (non-hydrogen) atoms. The van der Waals surface area contributed by atoms with E-state index in [2.05, 4.69) is 21.2 Å². The van der Waals surface area contributed by atoms with Gasteiger partial charge < -0.3 is 14.2 Å². The van der Waals surface area contributed by atoms with Crippen molar-refractivity contribution in [2.75, 3.05) is 13.7 Å². The zero-order chi connectivity index (χ0) is 21.0. The predicted molar refractivity (Wildman–Crippen MR) is 112 cm³/mol. The average molecular weight is 478 g/mol. The second-order valence-corrected chi connectivity index (χ2v) is 7.60. The van der Waals surface area contributed by atoms with Crippen molar-refractivity contribution in [1.82, 2.24) is 5.32 Å². The molecule has 1 heterocycles. The van der Waals surface area contributed by atoms with Crippen LogP contribution in [0.1, 0.15) is 22.8 Å². The monoisotopic (exact) mass is 477 g/mol. The van der Waals surface area contributed by atoms with Gasteiger partial charge in [0.25, 0.3) is 11.1 Å². The molecule has 0 aromatic heterocycles. The fourth-order valence-corrected chi connectivity index (χ4v) is 3.71. The summed E-state index contributed by atoms with van der Waals surface area (Å²) >= 11 is 4.21. The molecule has 2 amide bonds. The topological polar surface area (TPSA) is 90.9 Å². The molecule has 150 valence electrons. The Morgan fingerprint density at radius 1 is 1.21 bits per heavy atom. The van der Waals surface area contributed by atoms with Gasteiger partial charge in [-0.3, -0.25) is 14.9 Å². The number of halogens is 1. The molecule has 1 saturated heterocycles. The maximum Gasteiger partial charge on any atom is 0.343 e. The first-order valence-corrected chi connectivity index (χ1v) is 10.1. The van der Waals surface area contributed by atoms with Crippen molar-refractivity contribution in [1.29, 1.82) is 0 Å². The number of hydrogen-bond acceptors (Lipinski definition) is 7. The van der Waals surface area contributed by atoms with E-state index in [9.17, 15) is 14.4 Å². The Morgan fingerprint density at radius 2 is 1.93 bits per heavy atom. The standard InChI is InChI=1S/C20H16BrNO6S/c1-3-27-15-9-11(10-16-18(23)22-20(25)29-16)8-14(21)17(15)28-19(24)12-4-6-13(26-2)7-5-12/h4-10H,3H2,1-2H3,(H,22,23,25)/b16-10-. The van der Waals surface area contributed by atoms with Crippen LogP contribution >= 0.6 is 27.7 Å². The van der Waals surface area contributed by atoms with Crippen molar-refractivity contribution in [3.05, 3.63) is 56.9 Å². The van der Waals surface area contributed by atoms with E-state index in [1.54, 1.807) is 56.5 Å². The number of carbonyl (C=O) groups is 3. The quantitative estimate of drug-likeness (QED) is 0.374. The zero-order valence-electron chi connectivity index (χ0n) is 15.5. The highest BCUT2D eigenvalue weighted by Crippen LogP contribution is 2.39. The Hall–Kier alpha value is -2.78. The lowest BCUT2D eigenvalue weighted by Gasteiger charge is -2.14. The molecule has 0 unspecified atom stereocenters. The van der Waals surface area contributed by atoms with Crippen molar-refractivity contribution in [2.45, 2.75) is 6.92 Å². The minimum absolute atomic E-state index is 0.217. The van der Waals surface area contributed by atoms with Crippen molar-refractivity contribution in [3.8, 4) is 17.2 Å². The molecule has 0 saturated carbocycles. The Balaban J connectivity index is 1.90. The van der Waals surface area contributed by atoms with Crippen LogP contribution in [0.2, 0.25) is 0 Å². The van der Waals surface area contributed by atoms with Gasteiger partial charge in [-0.2, -0.15) is 0 Å². The number of imide groups is 1. The molecule has 0 aliphatic carbocycles. The molecule has 2 aromatic carbocycles. The van der Waals surface area contributed by atoms with Gasteiger partial charge in [-0.15, -0.1) is 0 Å². The number of amides is 2. The van der Waals surface area contributed by atoms with Crippen LogP contribution in [-0.2, 0) is 4.79 Å². The fourth-order valence-electron chi connectivity index (χ4n) is 2.48. The van der Waals surface area contributed by atoms with Gasteiger partial charge >= 0.3 is 5.97 Å². The zero-order valence-corrected chi connectivity index (χ0v) is 17.9. The van der Waals surface area contributed by atoms with Gasteiger partial charge in [0.15, 0.2) is 11.5 Å². The first-order chi connectivity index (χ1) is 13.9. The van der Waals surface area contributed by atoms with Gasteiger partial charge in [0.05, 0.1) is 28.7 Å². The summed E-state index contributed by atoms with van der Waals surface area (Å²) in [6.07, 6.45) is 1.56. The molecule has 1 N–H and O–H groups in total. The minimum atomic E-state index is -0.559. The largest absolute Gasteiger partial charge is 0.497 e. The Kier molecular flexibility index (Phi) is 6.60. The molecule has 0 radical (unpaired) electrons. The van der Waals surface area contributed by atoms with E-state index in [1.807, 2.05) is 0 Å². The van der Waals surface area contributed by atoms with Gasteiger partial charge in [-0.05, 0) is 82.7 Å². The maximum absolute atomic E-state index is 12.5. The third-order valence-electron chi connectivity index (χ3n) is 3.79. The van der Waals surface area contributed by atoms with Crippen LogP contribution in [0.5, 0.6) is 17.2 Å². The number of ether oxygens (including phenoxy) is 3. The van der Waals surface area contributed by atoms with E-state index in [0.29, 0.717) is 33.7 Å². The van der Waals surface area contributed by atoms with Gasteiger partial charge in [0.2, 0.25) is 0 Å². The molecule has 3 rings (SSSR count). The summed E-state index contributed by atoms with van der Waals surface area (Å²) in [7, 11) is 1.54. The molecule has 1 aliphatic heterocycles. The Bertz CT molecular complexity index is 1000. The van der Waals surface area contributed by atoms with Crippen molar-refractivity contribution in [2.24, 2.45) is 0 Å². The number of rotatable bonds is 6. The second-order valence-electron chi connectivity index (χ2n) is 5.73. The van der Waals surface area contributed by atoms with Crippen LogP contribution in [-0.4, -0.2) is 30.8 Å². The van der Waals surface area contributed by atoms with Gasteiger partial charge in [-0.1, -0.05) is 0 Å². The molecule has 0 atom stereocenters. The number of nitrogens with one attached hydrogen (secondary N) is 1. The van der Waals surface area contributed by atoms with Gasteiger partial charge in [-0.25, -0.2) is 4.79 Å². The van der Waals surface area contributed by atoms with E-state index in [-0.39, 0.29) is 10.7 Å². The lowest BCUT2D eigenvalue weighted by atomic mass is 10.1. The van der Waals surface area contributed by atoms with Gasteiger partial charge in [0, 0.05) is 0 Å². The molecule has 1 fully saturated rings. The molecule has 9 heteroatoms. The summed E-state index contributed by atoms with van der Waals surface area (Å²) in [5, 5.41) is 1.78. The number of methoxy groups -OCH3 is 1. The summed E-state index contributed by atoms with van der Waals surface area (Å²) in [5.41, 5.74) is 0.959. The lowest BCUT2D eigenvalue weighted by molar-refractivity contribution is -0.115. The summed E-state index contributed by atoms with van der Waals surface area (Å²) in [5.74, 6) is 0.156. The summed E-state index contributed by atoms with van der Waals surface area (Å²) in [6.45, 7) is 2.14. The number of thioether (sulfide) groups is 1. The average Bonchev–Trinajstić information content (AvgIpc) is 3.01. The van der Waals surface area contributed by atoms with Crippen LogP contribution in [0.3, 0.4) is 0 Å². The maximum atomic E-state index is 12.5. The number of benzene rings is 2. The van der Waals surface area contributed by atoms with E-state index >= 15 is 0 Å². The molecule has 0 bridgehead atoms. The highest BCUT2D eigenvalue weighted by molar-refractivity contribution is 9.10. The van der Waals surface area contributed by atoms with Crippen LogP contribution in [0, 0.1) is 0 Å². The minimum Gasteiger partial charge on any atom is -0.497 e. The lowest BCUT2D eigenvalue weighted by Crippen LogP contribution is -2.17. The van der Waals surface area contributed by atoms with Crippen LogP contribution in [0.15, 0.2) is 45.8 Å². The van der Waals surface area contributed by atoms with E-state index in [4.69, 9.17) is 14.2 Å². The molecule has 2 aromatic rings. The molecule has 0 spiro atoms. The highest BCUT2D eigenvalue weighted by Gasteiger charge is 2.25. The predicted octanol–water partition coefficient (Wildman–Crippen LogP) is 4.40. The molecular formula is C20H16BrNO6S. The Labute approximate surface area is 179 Å². The third kappa shape index (κ3) is 4.99. The van der Waals surface area contributed by atoms with Crippen molar-refractivity contribution < 1.29 is 28.6 Å². The normalized spacial score (nSPS) is 14.7. The number of carbonyl (C=O) groups excluding carboxylic acids is 3. The van der Waals surface area contributed by atoms with E-state index in [1.165, 1.54) is 0 Å². The summed E-state index contributed by atoms with van der Waals surface area (Å²) < 4.78 is 16.7. The molecule has 7 nitrogen and oxygen atoms in total. The number of hydrogen-bond donors (Lipinski definition) is 1. The third-order valence-corrected chi connectivity index (χ3v) is 5.19. The highest BCUT2D eigenvalue weighted by atomic mass is 79.9. The van der Waals surface area contributed by atoms with E-state index in [0.717, 1.165) is 11.8 Å².